The van der Waals surface area contributed by atoms with Crippen molar-refractivity contribution in [2.75, 3.05) is 25.7 Å². The summed E-state index contributed by atoms with van der Waals surface area (Å²) in [6.45, 7) is 2.43. The molecule has 0 aliphatic rings. The van der Waals surface area contributed by atoms with E-state index in [0.29, 0.717) is 6.54 Å². The van der Waals surface area contributed by atoms with Gasteiger partial charge in [0, 0.05) is 24.4 Å². The Morgan fingerprint density at radius 1 is 1.35 bits per heavy atom. The van der Waals surface area contributed by atoms with Crippen LogP contribution in [0.3, 0.4) is 0 Å². The van der Waals surface area contributed by atoms with E-state index in [1.807, 2.05) is 31.2 Å². The highest BCUT2D eigenvalue weighted by Gasteiger charge is 2.10. The third kappa shape index (κ3) is 4.75. The van der Waals surface area contributed by atoms with Gasteiger partial charge in [-0.3, -0.25) is 0 Å². The molecule has 0 spiro atoms. The van der Waals surface area contributed by atoms with E-state index in [9.17, 15) is 8.42 Å². The smallest absolute Gasteiger partial charge is 0.148 e. The molecule has 0 aliphatic heterocycles. The van der Waals surface area contributed by atoms with Crippen LogP contribution in [0.1, 0.15) is 18.5 Å². The minimum Gasteiger partial charge on any atom is -0.496 e. The summed E-state index contributed by atoms with van der Waals surface area (Å²) >= 11 is 0. The summed E-state index contributed by atoms with van der Waals surface area (Å²) < 4.78 is 27.3. The quantitative estimate of drug-likeness (QED) is 0.836. The van der Waals surface area contributed by atoms with Crippen LogP contribution in [0.5, 0.6) is 5.75 Å². The van der Waals surface area contributed by atoms with E-state index < -0.39 is 9.84 Å². The molecule has 1 aromatic carbocycles. The van der Waals surface area contributed by atoms with Gasteiger partial charge in [0.2, 0.25) is 0 Å². The molecule has 0 aliphatic carbocycles. The van der Waals surface area contributed by atoms with E-state index in [4.69, 9.17) is 4.74 Å². The van der Waals surface area contributed by atoms with E-state index in [-0.39, 0.29) is 11.8 Å². The number of hydrogen-bond acceptors (Lipinski definition) is 4. The zero-order valence-electron chi connectivity index (χ0n) is 10.4. The molecule has 0 saturated heterocycles. The molecule has 0 aromatic heterocycles. The second kappa shape index (κ2) is 6.02. The van der Waals surface area contributed by atoms with Crippen LogP contribution in [-0.2, 0) is 9.84 Å². The highest BCUT2D eigenvalue weighted by Crippen LogP contribution is 2.23. The molecule has 0 fully saturated rings. The predicted molar refractivity (Wildman–Crippen MR) is 69.1 cm³/mol. The van der Waals surface area contributed by atoms with E-state index in [0.717, 1.165) is 11.3 Å². The van der Waals surface area contributed by atoms with Crippen molar-refractivity contribution in [1.82, 2.24) is 5.32 Å². The number of rotatable bonds is 6. The molecule has 96 valence electrons. The fourth-order valence-corrected chi connectivity index (χ4v) is 2.08. The first-order valence-corrected chi connectivity index (χ1v) is 7.54. The van der Waals surface area contributed by atoms with Crippen molar-refractivity contribution in [1.29, 1.82) is 0 Å². The van der Waals surface area contributed by atoms with Crippen LogP contribution in [0.4, 0.5) is 0 Å². The average Bonchev–Trinajstić information content (AvgIpc) is 2.27. The maximum absolute atomic E-state index is 11.0. The fraction of sp³-hybridized carbons (Fsp3) is 0.500. The number of sulfone groups is 1. The third-order valence-corrected chi connectivity index (χ3v) is 3.47. The molecule has 17 heavy (non-hydrogen) atoms. The third-order valence-electron chi connectivity index (χ3n) is 2.53. The average molecular weight is 257 g/mol. The van der Waals surface area contributed by atoms with Crippen LogP contribution in [0, 0.1) is 0 Å². The zero-order valence-corrected chi connectivity index (χ0v) is 11.3. The van der Waals surface area contributed by atoms with Gasteiger partial charge in [-0.15, -0.1) is 0 Å². The molecule has 1 aromatic rings. The first-order chi connectivity index (χ1) is 7.94. The van der Waals surface area contributed by atoms with E-state index in [1.54, 1.807) is 7.11 Å². The van der Waals surface area contributed by atoms with Crippen LogP contribution in [-0.4, -0.2) is 34.1 Å². The van der Waals surface area contributed by atoms with Crippen molar-refractivity contribution >= 4 is 9.84 Å². The Hall–Kier alpha value is -1.07. The second-order valence-electron chi connectivity index (χ2n) is 4.05. The normalized spacial score (nSPS) is 13.4. The molecule has 0 heterocycles. The van der Waals surface area contributed by atoms with Crippen molar-refractivity contribution in [3.63, 3.8) is 0 Å². The maximum Gasteiger partial charge on any atom is 0.148 e. The SMILES string of the molecule is COc1ccccc1C(C)NCCS(C)(=O)=O. The predicted octanol–water partition coefficient (Wildman–Crippen LogP) is 1.39. The van der Waals surface area contributed by atoms with Gasteiger partial charge in [0.25, 0.3) is 0 Å². The largest absolute Gasteiger partial charge is 0.496 e. The first kappa shape index (κ1) is 14.0. The summed E-state index contributed by atoms with van der Waals surface area (Å²) in [4.78, 5) is 0. The molecule has 0 saturated carbocycles. The van der Waals surface area contributed by atoms with Gasteiger partial charge in [-0.1, -0.05) is 18.2 Å². The molecule has 1 unspecified atom stereocenters. The molecular weight excluding hydrogens is 238 g/mol. The number of nitrogens with one attached hydrogen (secondary N) is 1. The highest BCUT2D eigenvalue weighted by molar-refractivity contribution is 7.90. The van der Waals surface area contributed by atoms with Crippen molar-refractivity contribution < 1.29 is 13.2 Å². The van der Waals surface area contributed by atoms with Gasteiger partial charge >= 0.3 is 0 Å². The van der Waals surface area contributed by atoms with Crippen molar-refractivity contribution in [2.45, 2.75) is 13.0 Å². The lowest BCUT2D eigenvalue weighted by Crippen LogP contribution is -2.25. The van der Waals surface area contributed by atoms with Gasteiger partial charge in [0.1, 0.15) is 15.6 Å². The second-order valence-corrected chi connectivity index (χ2v) is 6.31. The minimum atomic E-state index is -2.91. The molecule has 4 nitrogen and oxygen atoms in total. The highest BCUT2D eigenvalue weighted by atomic mass is 32.2. The van der Waals surface area contributed by atoms with Gasteiger partial charge in [0.05, 0.1) is 12.9 Å². The van der Waals surface area contributed by atoms with Gasteiger partial charge in [-0.2, -0.15) is 0 Å². The molecule has 1 rings (SSSR count). The Morgan fingerprint density at radius 3 is 2.59 bits per heavy atom. The minimum absolute atomic E-state index is 0.0629. The Morgan fingerprint density at radius 2 is 2.00 bits per heavy atom. The van der Waals surface area contributed by atoms with Gasteiger partial charge < -0.3 is 10.1 Å². The van der Waals surface area contributed by atoms with Crippen molar-refractivity contribution in [3.05, 3.63) is 29.8 Å². The summed E-state index contributed by atoms with van der Waals surface area (Å²) in [5, 5.41) is 3.17. The molecule has 1 atom stereocenters. The summed E-state index contributed by atoms with van der Waals surface area (Å²) in [5.41, 5.74) is 1.03. The summed E-state index contributed by atoms with van der Waals surface area (Å²) in [5.74, 6) is 0.957. The van der Waals surface area contributed by atoms with Crippen LogP contribution in [0.15, 0.2) is 24.3 Å². The monoisotopic (exact) mass is 257 g/mol. The molecule has 0 bridgehead atoms. The zero-order chi connectivity index (χ0) is 12.9. The molecule has 0 radical (unpaired) electrons. The van der Waals surface area contributed by atoms with E-state index in [1.165, 1.54) is 6.26 Å². The number of para-hydroxylation sites is 1. The van der Waals surface area contributed by atoms with Gasteiger partial charge in [-0.05, 0) is 13.0 Å². The Labute approximate surface area is 103 Å². The van der Waals surface area contributed by atoms with Gasteiger partial charge in [0.15, 0.2) is 0 Å². The lowest BCUT2D eigenvalue weighted by Gasteiger charge is -2.16. The Bertz CT molecular complexity index is 457. The van der Waals surface area contributed by atoms with Crippen LogP contribution >= 0.6 is 0 Å². The summed E-state index contributed by atoms with van der Waals surface area (Å²) in [6, 6.07) is 7.77. The molecular formula is C12H19NO3S. The summed E-state index contributed by atoms with van der Waals surface area (Å²) in [7, 11) is -1.28. The lowest BCUT2D eigenvalue weighted by molar-refractivity contribution is 0.402. The van der Waals surface area contributed by atoms with Crippen LogP contribution in [0.2, 0.25) is 0 Å². The topological polar surface area (TPSA) is 55.4 Å². The van der Waals surface area contributed by atoms with Crippen LogP contribution in [0.25, 0.3) is 0 Å². The van der Waals surface area contributed by atoms with Gasteiger partial charge in [-0.25, -0.2) is 8.42 Å². The lowest BCUT2D eigenvalue weighted by atomic mass is 10.1. The number of benzene rings is 1. The standard InChI is InChI=1S/C12H19NO3S/c1-10(13-8-9-17(3,14)15)11-6-4-5-7-12(11)16-2/h4-7,10,13H,8-9H2,1-3H3. The molecule has 0 amide bonds. The number of ether oxygens (including phenoxy) is 1. The first-order valence-electron chi connectivity index (χ1n) is 5.48. The van der Waals surface area contributed by atoms with Crippen molar-refractivity contribution in [3.8, 4) is 5.75 Å². The number of methoxy groups -OCH3 is 1. The van der Waals surface area contributed by atoms with Crippen LogP contribution < -0.4 is 10.1 Å². The fourth-order valence-electron chi connectivity index (χ4n) is 1.59. The number of hydrogen-bond donors (Lipinski definition) is 1. The summed E-state index contributed by atoms with van der Waals surface area (Å²) in [6.07, 6.45) is 1.24. The maximum atomic E-state index is 11.0. The van der Waals surface area contributed by atoms with E-state index in [2.05, 4.69) is 5.32 Å². The molecule has 1 N–H and O–H groups in total. The Balaban J connectivity index is 2.61. The Kier molecular flexibility index (Phi) is 4.96. The molecule has 5 heteroatoms. The van der Waals surface area contributed by atoms with E-state index >= 15 is 0 Å². The van der Waals surface area contributed by atoms with Crippen molar-refractivity contribution in [2.24, 2.45) is 0 Å².